The summed E-state index contributed by atoms with van der Waals surface area (Å²) in [5.41, 5.74) is 6.83. The molecule has 0 unspecified atom stereocenters. The molecule has 16 heavy (non-hydrogen) atoms. The summed E-state index contributed by atoms with van der Waals surface area (Å²) in [4.78, 5) is 13.5. The average Bonchev–Trinajstić information content (AvgIpc) is 2.28. The highest BCUT2D eigenvalue weighted by Crippen LogP contribution is 2.08. The zero-order valence-electron chi connectivity index (χ0n) is 9.77. The van der Waals surface area contributed by atoms with Gasteiger partial charge >= 0.3 is 0 Å². The number of ether oxygens (including phenoxy) is 1. The molecule has 88 valence electrons. The Kier molecular flexibility index (Phi) is 4.79. The summed E-state index contributed by atoms with van der Waals surface area (Å²) in [5, 5.41) is 0. The number of nitrogens with zero attached hydrogens (tertiary/aromatic N) is 1. The molecule has 4 nitrogen and oxygen atoms in total. The van der Waals surface area contributed by atoms with Crippen molar-refractivity contribution >= 4 is 11.6 Å². The first-order valence-corrected chi connectivity index (χ1v) is 5.34. The van der Waals surface area contributed by atoms with E-state index in [-0.39, 0.29) is 5.91 Å². The number of nitrogens with two attached hydrogens (primary N) is 1. The molecule has 2 N–H and O–H groups in total. The summed E-state index contributed by atoms with van der Waals surface area (Å²) in [6.45, 7) is 3.74. The quantitative estimate of drug-likeness (QED) is 0.605. The minimum atomic E-state index is -0.0352. The molecule has 0 aromatic heterocycles. The van der Waals surface area contributed by atoms with Gasteiger partial charge in [0, 0.05) is 31.5 Å². The van der Waals surface area contributed by atoms with Crippen LogP contribution >= 0.6 is 0 Å². The highest BCUT2D eigenvalue weighted by atomic mass is 16.5. The van der Waals surface area contributed by atoms with Gasteiger partial charge in [-0.15, -0.1) is 0 Å². The maximum absolute atomic E-state index is 11.9. The number of carbonyl (C=O) groups is 1. The number of hydrogen-bond donors (Lipinski definition) is 1. The van der Waals surface area contributed by atoms with E-state index in [4.69, 9.17) is 10.5 Å². The largest absolute Gasteiger partial charge is 0.399 e. The van der Waals surface area contributed by atoms with Crippen molar-refractivity contribution in [2.75, 3.05) is 32.5 Å². The van der Waals surface area contributed by atoms with Gasteiger partial charge in [0.05, 0.1) is 6.61 Å². The Balaban J connectivity index is 2.56. The highest BCUT2D eigenvalue weighted by molar-refractivity contribution is 5.94. The molecule has 0 aliphatic heterocycles. The van der Waals surface area contributed by atoms with Crippen molar-refractivity contribution in [3.05, 3.63) is 29.8 Å². The number of amides is 1. The Morgan fingerprint density at radius 1 is 1.50 bits per heavy atom. The lowest BCUT2D eigenvalue weighted by Gasteiger charge is -2.17. The van der Waals surface area contributed by atoms with Gasteiger partial charge in [-0.2, -0.15) is 0 Å². The third-order valence-corrected chi connectivity index (χ3v) is 2.26. The maximum Gasteiger partial charge on any atom is 0.253 e. The van der Waals surface area contributed by atoms with Crippen LogP contribution in [0.5, 0.6) is 0 Å². The predicted molar refractivity (Wildman–Crippen MR) is 64.3 cm³/mol. The van der Waals surface area contributed by atoms with Gasteiger partial charge in [-0.3, -0.25) is 4.79 Å². The van der Waals surface area contributed by atoms with Crippen LogP contribution in [0.3, 0.4) is 0 Å². The molecule has 0 spiro atoms. The molecule has 1 aromatic rings. The van der Waals surface area contributed by atoms with Crippen LogP contribution in [-0.2, 0) is 4.74 Å². The fraction of sp³-hybridized carbons (Fsp3) is 0.417. The Hall–Kier alpha value is -1.55. The van der Waals surface area contributed by atoms with Crippen LogP contribution in [0.1, 0.15) is 17.3 Å². The normalized spacial score (nSPS) is 10.1. The van der Waals surface area contributed by atoms with Gasteiger partial charge in [-0.1, -0.05) is 6.07 Å². The van der Waals surface area contributed by atoms with Crippen molar-refractivity contribution in [3.8, 4) is 0 Å². The fourth-order valence-corrected chi connectivity index (χ4v) is 1.34. The number of benzene rings is 1. The zero-order chi connectivity index (χ0) is 12.0. The first-order chi connectivity index (χ1) is 7.65. The summed E-state index contributed by atoms with van der Waals surface area (Å²) in [6.07, 6.45) is 0. The fourth-order valence-electron chi connectivity index (χ4n) is 1.34. The lowest BCUT2D eigenvalue weighted by Crippen LogP contribution is -2.30. The van der Waals surface area contributed by atoms with Crippen LogP contribution < -0.4 is 5.73 Å². The van der Waals surface area contributed by atoms with E-state index in [0.29, 0.717) is 31.0 Å². The first kappa shape index (κ1) is 12.5. The summed E-state index contributed by atoms with van der Waals surface area (Å²) in [5.74, 6) is -0.0352. The van der Waals surface area contributed by atoms with Gasteiger partial charge in [-0.25, -0.2) is 0 Å². The molecule has 0 heterocycles. The van der Waals surface area contributed by atoms with Gasteiger partial charge in [0.15, 0.2) is 0 Å². The summed E-state index contributed by atoms with van der Waals surface area (Å²) >= 11 is 0. The van der Waals surface area contributed by atoms with Crippen molar-refractivity contribution in [2.45, 2.75) is 6.92 Å². The third kappa shape index (κ3) is 3.55. The first-order valence-electron chi connectivity index (χ1n) is 5.34. The number of likely N-dealkylation sites (N-methyl/N-ethyl adjacent to an activating group) is 1. The lowest BCUT2D eigenvalue weighted by molar-refractivity contribution is 0.0710. The van der Waals surface area contributed by atoms with Crippen LogP contribution in [0, 0.1) is 0 Å². The lowest BCUT2D eigenvalue weighted by atomic mass is 10.2. The van der Waals surface area contributed by atoms with E-state index in [9.17, 15) is 4.79 Å². The molecule has 1 amide bonds. The molecule has 0 atom stereocenters. The van der Waals surface area contributed by atoms with Gasteiger partial charge in [0.1, 0.15) is 0 Å². The van der Waals surface area contributed by atoms with E-state index in [1.165, 1.54) is 0 Å². The zero-order valence-corrected chi connectivity index (χ0v) is 9.77. The number of anilines is 1. The Morgan fingerprint density at radius 3 is 2.88 bits per heavy atom. The van der Waals surface area contributed by atoms with Crippen molar-refractivity contribution in [1.29, 1.82) is 0 Å². The molecule has 0 saturated heterocycles. The molecule has 1 rings (SSSR count). The Morgan fingerprint density at radius 2 is 2.25 bits per heavy atom. The van der Waals surface area contributed by atoms with Crippen molar-refractivity contribution < 1.29 is 9.53 Å². The van der Waals surface area contributed by atoms with Gasteiger partial charge < -0.3 is 15.4 Å². The third-order valence-electron chi connectivity index (χ3n) is 2.26. The minimum absolute atomic E-state index is 0.0352. The van der Waals surface area contributed by atoms with Gasteiger partial charge in [-0.05, 0) is 25.1 Å². The van der Waals surface area contributed by atoms with E-state index in [0.717, 1.165) is 0 Å². The van der Waals surface area contributed by atoms with Crippen LogP contribution in [0.25, 0.3) is 0 Å². The van der Waals surface area contributed by atoms with Gasteiger partial charge in [0.2, 0.25) is 0 Å². The molecule has 0 radical (unpaired) electrons. The second kappa shape index (κ2) is 6.12. The predicted octanol–water partition coefficient (Wildman–Crippen LogP) is 1.38. The molecule has 0 fully saturated rings. The van der Waals surface area contributed by atoms with Crippen LogP contribution in [0.2, 0.25) is 0 Å². The number of hydrogen-bond acceptors (Lipinski definition) is 3. The van der Waals surface area contributed by atoms with Crippen LogP contribution in [-0.4, -0.2) is 37.6 Å². The molecule has 1 aromatic carbocycles. The second-order valence-electron chi connectivity index (χ2n) is 3.55. The molecule has 4 heteroatoms. The summed E-state index contributed by atoms with van der Waals surface area (Å²) in [7, 11) is 1.75. The van der Waals surface area contributed by atoms with E-state index in [1.807, 2.05) is 6.92 Å². The van der Waals surface area contributed by atoms with E-state index in [2.05, 4.69) is 0 Å². The molecular formula is C12H18N2O2. The second-order valence-corrected chi connectivity index (χ2v) is 3.55. The van der Waals surface area contributed by atoms with E-state index in [1.54, 1.807) is 36.2 Å². The molecule has 0 bridgehead atoms. The Bertz CT molecular complexity index is 353. The summed E-state index contributed by atoms with van der Waals surface area (Å²) in [6, 6.07) is 6.98. The monoisotopic (exact) mass is 222 g/mol. The van der Waals surface area contributed by atoms with Gasteiger partial charge in [0.25, 0.3) is 5.91 Å². The smallest absolute Gasteiger partial charge is 0.253 e. The minimum Gasteiger partial charge on any atom is -0.399 e. The maximum atomic E-state index is 11.9. The Labute approximate surface area is 96.0 Å². The molecular weight excluding hydrogens is 204 g/mol. The van der Waals surface area contributed by atoms with Crippen LogP contribution in [0.15, 0.2) is 24.3 Å². The number of nitrogen functional groups attached to an aromatic ring is 1. The average molecular weight is 222 g/mol. The highest BCUT2D eigenvalue weighted by Gasteiger charge is 2.10. The number of carbonyl (C=O) groups excluding carboxylic acids is 1. The molecule has 0 aliphatic carbocycles. The number of rotatable bonds is 5. The topological polar surface area (TPSA) is 55.6 Å². The van der Waals surface area contributed by atoms with Crippen LogP contribution in [0.4, 0.5) is 5.69 Å². The summed E-state index contributed by atoms with van der Waals surface area (Å²) < 4.78 is 5.20. The molecule has 0 aliphatic rings. The van der Waals surface area contributed by atoms with Crippen molar-refractivity contribution in [2.24, 2.45) is 0 Å². The van der Waals surface area contributed by atoms with E-state index < -0.39 is 0 Å². The van der Waals surface area contributed by atoms with Crippen molar-refractivity contribution in [1.82, 2.24) is 4.90 Å². The SMILES string of the molecule is CCOCCN(C)C(=O)c1cccc(N)c1. The standard InChI is InChI=1S/C12H18N2O2/c1-3-16-8-7-14(2)12(15)10-5-4-6-11(13)9-10/h4-6,9H,3,7-8,13H2,1-2H3. The van der Waals surface area contributed by atoms with E-state index >= 15 is 0 Å². The molecule has 0 saturated carbocycles. The van der Waals surface area contributed by atoms with Crippen molar-refractivity contribution in [3.63, 3.8) is 0 Å².